The molecule has 0 bridgehead atoms. The number of ether oxygens (including phenoxy) is 1. The third-order valence-corrected chi connectivity index (χ3v) is 2.87. The summed E-state index contributed by atoms with van der Waals surface area (Å²) in [6, 6.07) is 12.8. The lowest BCUT2D eigenvalue weighted by Gasteiger charge is -2.07. The summed E-state index contributed by atoms with van der Waals surface area (Å²) in [7, 11) is 2.96. The zero-order chi connectivity index (χ0) is 15.0. The molecule has 0 aromatic heterocycles. The van der Waals surface area contributed by atoms with Gasteiger partial charge in [0.15, 0.2) is 0 Å². The van der Waals surface area contributed by atoms with Crippen LogP contribution >= 0.6 is 0 Å². The largest absolute Gasteiger partial charge is 0.497 e. The highest BCUT2D eigenvalue weighted by Crippen LogP contribution is 2.24. The van der Waals surface area contributed by atoms with Crippen LogP contribution in [0.1, 0.15) is 25.3 Å². The molecule has 0 aliphatic heterocycles. The summed E-state index contributed by atoms with van der Waals surface area (Å²) in [5.41, 5.74) is 1.38. The van der Waals surface area contributed by atoms with Crippen LogP contribution in [0.3, 0.4) is 0 Å². The maximum Gasteiger partial charge on any atom is 0.330 e. The van der Waals surface area contributed by atoms with Crippen LogP contribution in [-0.2, 0) is 14.6 Å². The monoisotopic (exact) mass is 276 g/mol. The fraction of sp³-hybridized carbons (Fsp3) is 0.312. The van der Waals surface area contributed by atoms with Crippen LogP contribution < -0.4 is 4.74 Å². The molecule has 0 atom stereocenters. The zero-order valence-corrected chi connectivity index (χ0v) is 12.3. The van der Waals surface area contributed by atoms with E-state index in [1.54, 1.807) is 7.11 Å². The molecule has 4 nitrogen and oxygen atoms in total. The summed E-state index contributed by atoms with van der Waals surface area (Å²) >= 11 is 0. The van der Waals surface area contributed by atoms with Gasteiger partial charge in [0.25, 0.3) is 0 Å². The normalized spacial score (nSPS) is 9.85. The SMILES string of the molecule is COOC=O.COc1ccc2cc(C(C)C)ccc2c1. The number of hydrogen-bond acceptors (Lipinski definition) is 4. The van der Waals surface area contributed by atoms with Gasteiger partial charge in [0.1, 0.15) is 5.75 Å². The van der Waals surface area contributed by atoms with E-state index in [1.807, 2.05) is 6.07 Å². The topological polar surface area (TPSA) is 44.8 Å². The van der Waals surface area contributed by atoms with Gasteiger partial charge in [0.2, 0.25) is 0 Å². The molecule has 0 heterocycles. The van der Waals surface area contributed by atoms with Gasteiger partial charge in [-0.15, -0.1) is 0 Å². The van der Waals surface area contributed by atoms with Crippen molar-refractivity contribution in [1.82, 2.24) is 0 Å². The predicted octanol–water partition coefficient (Wildman–Crippen LogP) is 3.69. The second-order valence-electron chi connectivity index (χ2n) is 4.49. The molecule has 0 radical (unpaired) electrons. The maximum absolute atomic E-state index is 9.06. The first-order chi connectivity index (χ1) is 9.62. The van der Waals surface area contributed by atoms with Gasteiger partial charge in [-0.25, -0.2) is 0 Å². The van der Waals surface area contributed by atoms with Crippen molar-refractivity contribution in [1.29, 1.82) is 0 Å². The van der Waals surface area contributed by atoms with Crippen LogP contribution in [0.25, 0.3) is 10.8 Å². The Kier molecular flexibility index (Phi) is 6.53. The summed E-state index contributed by atoms with van der Waals surface area (Å²) in [5.74, 6) is 1.50. The third-order valence-electron chi connectivity index (χ3n) is 2.87. The second kappa shape index (κ2) is 8.17. The van der Waals surface area contributed by atoms with Crippen molar-refractivity contribution in [2.45, 2.75) is 19.8 Å². The van der Waals surface area contributed by atoms with E-state index < -0.39 is 0 Å². The number of fused-ring (bicyclic) bond motifs is 1. The molecule has 2 aromatic rings. The van der Waals surface area contributed by atoms with Gasteiger partial charge < -0.3 is 9.62 Å². The summed E-state index contributed by atoms with van der Waals surface area (Å²) in [6.45, 7) is 4.63. The number of rotatable bonds is 4. The van der Waals surface area contributed by atoms with Crippen LogP contribution in [-0.4, -0.2) is 20.7 Å². The average molecular weight is 276 g/mol. The van der Waals surface area contributed by atoms with Gasteiger partial charge in [0.05, 0.1) is 14.2 Å². The van der Waals surface area contributed by atoms with Crippen LogP contribution in [0.5, 0.6) is 5.75 Å². The lowest BCUT2D eigenvalue weighted by atomic mass is 9.99. The van der Waals surface area contributed by atoms with E-state index in [1.165, 1.54) is 23.4 Å². The Morgan fingerprint density at radius 1 is 1.00 bits per heavy atom. The van der Waals surface area contributed by atoms with Crippen LogP contribution in [0, 0.1) is 0 Å². The fourth-order valence-corrected chi connectivity index (χ4v) is 1.77. The predicted molar refractivity (Wildman–Crippen MR) is 78.7 cm³/mol. The summed E-state index contributed by atoms with van der Waals surface area (Å²) in [6.07, 6.45) is 0. The molecule has 0 unspecified atom stereocenters. The first kappa shape index (κ1) is 16.0. The molecule has 0 aliphatic carbocycles. The molecular weight excluding hydrogens is 256 g/mol. The lowest BCUT2D eigenvalue weighted by Crippen LogP contribution is -1.87. The Labute approximate surface area is 119 Å². The standard InChI is InChI=1S/C14H16O.C2H4O3/c1-10(2)11-4-5-13-9-14(15-3)7-6-12(13)8-11;1-4-5-2-3/h4-10H,1-3H3;2H,1H3. The smallest absolute Gasteiger partial charge is 0.330 e. The Balaban J connectivity index is 0.000000347. The first-order valence-corrected chi connectivity index (χ1v) is 6.33. The van der Waals surface area contributed by atoms with Crippen molar-refractivity contribution in [2.75, 3.05) is 14.2 Å². The zero-order valence-electron chi connectivity index (χ0n) is 12.3. The summed E-state index contributed by atoms with van der Waals surface area (Å²) in [5, 5.41) is 2.51. The molecule has 0 N–H and O–H groups in total. The Bertz CT molecular complexity index is 549. The maximum atomic E-state index is 9.06. The number of benzene rings is 2. The number of carbonyl (C=O) groups is 1. The van der Waals surface area contributed by atoms with Crippen molar-refractivity contribution in [2.24, 2.45) is 0 Å². The van der Waals surface area contributed by atoms with Crippen LogP contribution in [0.2, 0.25) is 0 Å². The Morgan fingerprint density at radius 2 is 1.65 bits per heavy atom. The number of hydrogen-bond donors (Lipinski definition) is 0. The first-order valence-electron chi connectivity index (χ1n) is 6.33. The quantitative estimate of drug-likeness (QED) is 0.485. The van der Waals surface area contributed by atoms with Crippen molar-refractivity contribution in [3.05, 3.63) is 42.0 Å². The third kappa shape index (κ3) is 4.55. The molecule has 108 valence electrons. The molecule has 0 fully saturated rings. The van der Waals surface area contributed by atoms with Crippen LogP contribution in [0.4, 0.5) is 0 Å². The molecule has 0 aliphatic rings. The highest BCUT2D eigenvalue weighted by Gasteiger charge is 2.01. The molecule has 0 amide bonds. The van der Waals surface area contributed by atoms with Gasteiger partial charge in [-0.3, -0.25) is 4.79 Å². The van der Waals surface area contributed by atoms with E-state index in [-0.39, 0.29) is 6.47 Å². The average Bonchev–Trinajstić information content (AvgIpc) is 2.47. The molecule has 0 spiro atoms. The van der Waals surface area contributed by atoms with E-state index in [0.717, 1.165) is 5.75 Å². The van der Waals surface area contributed by atoms with Crippen LogP contribution in [0.15, 0.2) is 36.4 Å². The van der Waals surface area contributed by atoms with E-state index in [4.69, 9.17) is 9.53 Å². The molecule has 2 aromatic carbocycles. The van der Waals surface area contributed by atoms with Gasteiger partial charge in [0, 0.05) is 0 Å². The molecular formula is C16H20O4. The van der Waals surface area contributed by atoms with Gasteiger partial charge in [-0.05, 0) is 34.4 Å². The molecule has 2 rings (SSSR count). The van der Waals surface area contributed by atoms with Crippen molar-refractivity contribution in [3.8, 4) is 5.75 Å². The minimum Gasteiger partial charge on any atom is -0.497 e. The minimum atomic E-state index is 0.208. The van der Waals surface area contributed by atoms with E-state index >= 15 is 0 Å². The molecule has 0 saturated carbocycles. The van der Waals surface area contributed by atoms with E-state index in [0.29, 0.717) is 5.92 Å². The van der Waals surface area contributed by atoms with Crippen molar-refractivity contribution >= 4 is 17.2 Å². The highest BCUT2D eigenvalue weighted by molar-refractivity contribution is 5.84. The highest BCUT2D eigenvalue weighted by atomic mass is 17.2. The summed E-state index contributed by atoms with van der Waals surface area (Å²) in [4.78, 5) is 16.5. The van der Waals surface area contributed by atoms with E-state index in [9.17, 15) is 0 Å². The van der Waals surface area contributed by atoms with Gasteiger partial charge in [-0.1, -0.05) is 38.1 Å². The Morgan fingerprint density at radius 3 is 2.15 bits per heavy atom. The van der Waals surface area contributed by atoms with Crippen molar-refractivity contribution in [3.63, 3.8) is 0 Å². The number of carbonyl (C=O) groups excluding carboxylic acids is 1. The second-order valence-corrected chi connectivity index (χ2v) is 4.49. The van der Waals surface area contributed by atoms with Gasteiger partial charge in [-0.2, -0.15) is 4.89 Å². The molecule has 20 heavy (non-hydrogen) atoms. The lowest BCUT2D eigenvalue weighted by molar-refractivity contribution is -0.240. The Hall–Kier alpha value is -2.07. The van der Waals surface area contributed by atoms with Gasteiger partial charge >= 0.3 is 6.47 Å². The van der Waals surface area contributed by atoms with Crippen molar-refractivity contribution < 1.29 is 19.3 Å². The summed E-state index contributed by atoms with van der Waals surface area (Å²) < 4.78 is 5.20. The number of methoxy groups -OCH3 is 1. The van der Waals surface area contributed by atoms with E-state index in [2.05, 4.69) is 54.0 Å². The minimum absolute atomic E-state index is 0.208. The fourth-order valence-electron chi connectivity index (χ4n) is 1.77. The molecule has 4 heteroatoms. The molecule has 0 saturated heterocycles.